The number of aryl methyl sites for hydroxylation is 1. The molecule has 2 aromatic rings. The summed E-state index contributed by atoms with van der Waals surface area (Å²) < 4.78 is 11.6. The van der Waals surface area contributed by atoms with E-state index in [1.807, 2.05) is 24.3 Å². The molecule has 0 aromatic heterocycles. The first-order valence-corrected chi connectivity index (χ1v) is 9.93. The van der Waals surface area contributed by atoms with Crippen LogP contribution in [0.2, 0.25) is 0 Å². The van der Waals surface area contributed by atoms with Crippen LogP contribution in [0.25, 0.3) is 6.08 Å². The number of nitrogens with one attached hydrogen (secondary N) is 1. The van der Waals surface area contributed by atoms with E-state index in [-0.39, 0.29) is 5.57 Å². The van der Waals surface area contributed by atoms with Crippen LogP contribution in [0.3, 0.4) is 0 Å². The maximum Gasteiger partial charge on any atom is 0.261 e. The molecule has 1 N–H and O–H groups in total. The van der Waals surface area contributed by atoms with Crippen molar-refractivity contribution in [1.82, 2.24) is 5.32 Å². The summed E-state index contributed by atoms with van der Waals surface area (Å²) in [5, 5.41) is 12.2. The van der Waals surface area contributed by atoms with Crippen molar-refractivity contribution >= 4 is 27.9 Å². The molecule has 0 radical (unpaired) electrons. The number of methoxy groups -OCH3 is 1. The van der Waals surface area contributed by atoms with Crippen LogP contribution in [0.15, 0.2) is 65.2 Å². The van der Waals surface area contributed by atoms with Crippen molar-refractivity contribution in [3.05, 3.63) is 76.3 Å². The first kappa shape index (κ1) is 22.3. The Bertz CT molecular complexity index is 918. The Balaban J connectivity index is 2.04. The second-order valence-corrected chi connectivity index (χ2v) is 6.99. The molecule has 6 heteroatoms. The summed E-state index contributed by atoms with van der Waals surface area (Å²) in [4.78, 5) is 12.4. The van der Waals surface area contributed by atoms with Gasteiger partial charge in [-0.2, -0.15) is 5.26 Å². The Morgan fingerprint density at radius 1 is 1.28 bits per heavy atom. The lowest BCUT2D eigenvalue weighted by Gasteiger charge is -2.12. The number of hydrogen-bond acceptors (Lipinski definition) is 4. The van der Waals surface area contributed by atoms with Crippen molar-refractivity contribution in [2.24, 2.45) is 0 Å². The molecule has 150 valence electrons. The van der Waals surface area contributed by atoms with Crippen molar-refractivity contribution < 1.29 is 14.3 Å². The highest BCUT2D eigenvalue weighted by Gasteiger charge is 2.13. The van der Waals surface area contributed by atoms with Gasteiger partial charge < -0.3 is 14.8 Å². The summed E-state index contributed by atoms with van der Waals surface area (Å²) in [7, 11) is 1.53. The summed E-state index contributed by atoms with van der Waals surface area (Å²) in [6.45, 7) is 4.45. The minimum absolute atomic E-state index is 0.0206. The van der Waals surface area contributed by atoms with Gasteiger partial charge in [0, 0.05) is 11.0 Å². The highest BCUT2D eigenvalue weighted by Crippen LogP contribution is 2.34. The second-order valence-electron chi connectivity index (χ2n) is 6.14. The normalized spacial score (nSPS) is 10.7. The van der Waals surface area contributed by atoms with Crippen LogP contribution in [0, 0.1) is 11.3 Å². The molecule has 0 spiro atoms. The smallest absolute Gasteiger partial charge is 0.261 e. The van der Waals surface area contributed by atoms with E-state index in [0.29, 0.717) is 34.7 Å². The topological polar surface area (TPSA) is 71.3 Å². The fourth-order valence-corrected chi connectivity index (χ4v) is 3.06. The molecule has 0 aliphatic carbocycles. The summed E-state index contributed by atoms with van der Waals surface area (Å²) in [5.41, 5.74) is 1.88. The van der Waals surface area contributed by atoms with Crippen LogP contribution in [0.4, 0.5) is 0 Å². The van der Waals surface area contributed by atoms with E-state index in [1.165, 1.54) is 18.7 Å². The van der Waals surface area contributed by atoms with Crippen LogP contribution in [-0.2, 0) is 11.2 Å². The lowest BCUT2D eigenvalue weighted by Crippen LogP contribution is -2.25. The van der Waals surface area contributed by atoms with E-state index >= 15 is 0 Å². The van der Waals surface area contributed by atoms with E-state index in [1.54, 1.807) is 18.2 Å². The monoisotopic (exact) mass is 454 g/mol. The van der Waals surface area contributed by atoms with Crippen molar-refractivity contribution in [3.8, 4) is 17.6 Å². The zero-order valence-electron chi connectivity index (χ0n) is 16.3. The number of benzene rings is 2. The van der Waals surface area contributed by atoms with Crippen LogP contribution in [0.1, 0.15) is 17.5 Å². The van der Waals surface area contributed by atoms with E-state index in [9.17, 15) is 10.1 Å². The third-order valence-electron chi connectivity index (χ3n) is 4.08. The standard InChI is InChI=1S/C23H23BrN2O3/c1-3-12-29-22-15-20(24)18(14-21(22)28-2)13-19(16-25)23(27)26-11-7-10-17-8-5-4-6-9-17/h3-6,8-9,13-15H,1,7,10-12H2,2H3,(H,26,27)/b19-13-. The summed E-state index contributed by atoms with van der Waals surface area (Å²) >= 11 is 3.45. The van der Waals surface area contributed by atoms with Crippen LogP contribution >= 0.6 is 15.9 Å². The lowest BCUT2D eigenvalue weighted by molar-refractivity contribution is -0.117. The summed E-state index contributed by atoms with van der Waals surface area (Å²) in [6, 6.07) is 15.5. The zero-order valence-corrected chi connectivity index (χ0v) is 17.9. The van der Waals surface area contributed by atoms with Crippen molar-refractivity contribution in [1.29, 1.82) is 5.26 Å². The highest BCUT2D eigenvalue weighted by atomic mass is 79.9. The first-order chi connectivity index (χ1) is 14.1. The number of hydrogen-bond donors (Lipinski definition) is 1. The van der Waals surface area contributed by atoms with Gasteiger partial charge in [0.1, 0.15) is 18.2 Å². The molecular formula is C23H23BrN2O3. The zero-order chi connectivity index (χ0) is 21.1. The van der Waals surface area contributed by atoms with E-state index in [0.717, 1.165) is 12.8 Å². The predicted molar refractivity (Wildman–Crippen MR) is 118 cm³/mol. The molecule has 0 heterocycles. The van der Waals surface area contributed by atoms with Crippen molar-refractivity contribution in [2.45, 2.75) is 12.8 Å². The Hall–Kier alpha value is -3.04. The molecule has 2 aromatic carbocycles. The fourth-order valence-electron chi connectivity index (χ4n) is 2.62. The average Bonchev–Trinajstić information content (AvgIpc) is 2.75. The van der Waals surface area contributed by atoms with Crippen molar-refractivity contribution in [2.75, 3.05) is 20.3 Å². The Morgan fingerprint density at radius 2 is 2.03 bits per heavy atom. The number of rotatable bonds is 10. The number of carbonyl (C=O) groups is 1. The number of halogens is 1. The van der Waals surface area contributed by atoms with Crippen LogP contribution < -0.4 is 14.8 Å². The summed E-state index contributed by atoms with van der Waals surface area (Å²) in [6.07, 6.45) is 4.82. The van der Waals surface area contributed by atoms with E-state index < -0.39 is 5.91 Å². The van der Waals surface area contributed by atoms with Gasteiger partial charge in [-0.15, -0.1) is 0 Å². The van der Waals surface area contributed by atoms with E-state index in [2.05, 4.69) is 40.0 Å². The molecule has 0 aliphatic rings. The molecule has 0 aliphatic heterocycles. The minimum Gasteiger partial charge on any atom is -0.493 e. The van der Waals surface area contributed by atoms with Crippen LogP contribution in [0.5, 0.6) is 11.5 Å². The Labute approximate surface area is 179 Å². The molecule has 29 heavy (non-hydrogen) atoms. The molecule has 2 rings (SSSR count). The van der Waals surface area contributed by atoms with Crippen molar-refractivity contribution in [3.63, 3.8) is 0 Å². The lowest BCUT2D eigenvalue weighted by atomic mass is 10.1. The molecule has 0 unspecified atom stereocenters. The number of ether oxygens (including phenoxy) is 2. The fraction of sp³-hybridized carbons (Fsp3) is 0.217. The second kappa shape index (κ2) is 11.7. The Morgan fingerprint density at radius 3 is 2.69 bits per heavy atom. The number of nitrogens with zero attached hydrogens (tertiary/aromatic N) is 1. The third kappa shape index (κ3) is 6.81. The minimum atomic E-state index is -0.404. The third-order valence-corrected chi connectivity index (χ3v) is 4.76. The average molecular weight is 455 g/mol. The molecule has 0 fully saturated rings. The molecule has 0 bridgehead atoms. The maximum absolute atomic E-state index is 12.4. The predicted octanol–water partition coefficient (Wildman–Crippen LogP) is 4.68. The van der Waals surface area contributed by atoms with Crippen LogP contribution in [-0.4, -0.2) is 26.2 Å². The van der Waals surface area contributed by atoms with Gasteiger partial charge in [0.2, 0.25) is 0 Å². The van der Waals surface area contributed by atoms with Gasteiger partial charge in [-0.3, -0.25) is 4.79 Å². The molecule has 0 saturated carbocycles. The van der Waals surface area contributed by atoms with Gasteiger partial charge in [0.15, 0.2) is 11.5 Å². The van der Waals surface area contributed by atoms with Gasteiger partial charge in [-0.05, 0) is 42.2 Å². The number of carbonyl (C=O) groups excluding carboxylic acids is 1. The van der Waals surface area contributed by atoms with E-state index in [4.69, 9.17) is 9.47 Å². The van der Waals surface area contributed by atoms with Gasteiger partial charge in [0.25, 0.3) is 5.91 Å². The van der Waals surface area contributed by atoms with Gasteiger partial charge in [-0.25, -0.2) is 0 Å². The molecule has 0 saturated heterocycles. The largest absolute Gasteiger partial charge is 0.493 e. The number of nitriles is 1. The molecular weight excluding hydrogens is 432 g/mol. The Kier molecular flexibility index (Phi) is 9.00. The maximum atomic E-state index is 12.4. The molecule has 5 nitrogen and oxygen atoms in total. The SMILES string of the molecule is C=CCOc1cc(Br)c(/C=C(/C#N)C(=O)NCCCc2ccccc2)cc1OC. The quantitative estimate of drug-likeness (QED) is 0.245. The molecule has 0 atom stereocenters. The first-order valence-electron chi connectivity index (χ1n) is 9.14. The molecule has 1 amide bonds. The van der Waals surface area contributed by atoms with Gasteiger partial charge in [-0.1, -0.05) is 58.9 Å². The van der Waals surface area contributed by atoms with Gasteiger partial charge in [0.05, 0.1) is 7.11 Å². The van der Waals surface area contributed by atoms with Gasteiger partial charge >= 0.3 is 0 Å². The summed E-state index contributed by atoms with van der Waals surface area (Å²) in [5.74, 6) is 0.639. The highest BCUT2D eigenvalue weighted by molar-refractivity contribution is 9.10. The number of amides is 1.